The lowest BCUT2D eigenvalue weighted by molar-refractivity contribution is 0.0577. The molecule has 0 unspecified atom stereocenters. The number of rotatable bonds is 7. The Hall–Kier alpha value is -3.59. The minimum absolute atomic E-state index is 0.252. The van der Waals surface area contributed by atoms with Crippen LogP contribution in [0.25, 0.3) is 22.6 Å². The van der Waals surface area contributed by atoms with Crippen molar-refractivity contribution in [1.82, 2.24) is 29.9 Å². The lowest BCUT2D eigenvalue weighted by Gasteiger charge is -2.25. The second-order valence-electron chi connectivity index (χ2n) is 8.76. The maximum absolute atomic E-state index is 10.00. The van der Waals surface area contributed by atoms with Crippen LogP contribution in [0.3, 0.4) is 0 Å². The predicted octanol–water partition coefficient (Wildman–Crippen LogP) is 3.46. The summed E-state index contributed by atoms with van der Waals surface area (Å²) in [6.45, 7) is 8.03. The van der Waals surface area contributed by atoms with Gasteiger partial charge in [-0.3, -0.25) is 4.68 Å². The summed E-state index contributed by atoms with van der Waals surface area (Å²) in [5.74, 6) is 1.26. The molecule has 0 saturated heterocycles. The summed E-state index contributed by atoms with van der Waals surface area (Å²) in [5.41, 5.74) is 7.97. The first-order valence-corrected chi connectivity index (χ1v) is 10.5. The molecule has 4 aromatic rings. The fourth-order valence-electron chi connectivity index (χ4n) is 3.53. The molecule has 3 heterocycles. The van der Waals surface area contributed by atoms with Crippen LogP contribution in [-0.4, -0.2) is 40.6 Å². The number of nitrogens with two attached hydrogens (primary N) is 1. The van der Waals surface area contributed by atoms with Crippen molar-refractivity contribution in [2.24, 2.45) is 0 Å². The van der Waals surface area contributed by atoms with E-state index < -0.39 is 11.0 Å². The van der Waals surface area contributed by atoms with Crippen molar-refractivity contribution >= 4 is 5.95 Å². The van der Waals surface area contributed by atoms with Gasteiger partial charge in [-0.1, -0.05) is 36.3 Å². The zero-order chi connectivity index (χ0) is 22.9. The molecule has 166 valence electrons. The highest BCUT2D eigenvalue weighted by Crippen LogP contribution is 2.35. The van der Waals surface area contributed by atoms with Gasteiger partial charge < -0.3 is 15.4 Å². The van der Waals surface area contributed by atoms with Crippen molar-refractivity contribution in [2.75, 3.05) is 5.73 Å². The topological polar surface area (TPSA) is 129 Å². The van der Waals surface area contributed by atoms with E-state index in [-0.39, 0.29) is 5.95 Å². The molecule has 0 radical (unpaired) electrons. The second kappa shape index (κ2) is 8.16. The van der Waals surface area contributed by atoms with Crippen LogP contribution in [0.15, 0.2) is 53.6 Å². The molecular formula is C23H27N7O2. The fraction of sp³-hybridized carbons (Fsp3) is 0.348. The fourth-order valence-corrected chi connectivity index (χ4v) is 3.53. The monoisotopic (exact) mass is 433 g/mol. The van der Waals surface area contributed by atoms with Crippen molar-refractivity contribution in [3.8, 4) is 22.6 Å². The molecule has 0 fully saturated rings. The molecule has 3 N–H and O–H groups in total. The Morgan fingerprint density at radius 3 is 2.31 bits per heavy atom. The van der Waals surface area contributed by atoms with Crippen molar-refractivity contribution < 1.29 is 9.63 Å². The van der Waals surface area contributed by atoms with Crippen LogP contribution in [0.1, 0.15) is 45.5 Å². The molecule has 0 saturated carbocycles. The number of anilines is 1. The SMILES string of the molecule is CC[C@@](C)(c1ccc(-c2cnc(N)nc2)cc1)c1noc(-c2cnn(CC(C)(C)O)c2)n1. The summed E-state index contributed by atoms with van der Waals surface area (Å²) < 4.78 is 7.23. The molecule has 0 aliphatic rings. The van der Waals surface area contributed by atoms with Crippen LogP contribution in [0, 0.1) is 0 Å². The van der Waals surface area contributed by atoms with E-state index in [4.69, 9.17) is 10.3 Å². The van der Waals surface area contributed by atoms with Gasteiger partial charge in [-0.15, -0.1) is 0 Å². The average molecular weight is 434 g/mol. The van der Waals surface area contributed by atoms with E-state index in [2.05, 4.69) is 51.2 Å². The summed E-state index contributed by atoms with van der Waals surface area (Å²) >= 11 is 0. The number of aromatic nitrogens is 6. The molecule has 0 spiro atoms. The number of hydrogen-bond acceptors (Lipinski definition) is 8. The van der Waals surface area contributed by atoms with E-state index in [1.807, 2.05) is 12.1 Å². The van der Waals surface area contributed by atoms with Gasteiger partial charge >= 0.3 is 0 Å². The van der Waals surface area contributed by atoms with Crippen molar-refractivity contribution in [3.63, 3.8) is 0 Å². The van der Waals surface area contributed by atoms with Crippen LogP contribution in [0.2, 0.25) is 0 Å². The molecule has 0 bridgehead atoms. The Labute approximate surface area is 186 Å². The molecule has 32 heavy (non-hydrogen) atoms. The van der Waals surface area contributed by atoms with Gasteiger partial charge in [0.05, 0.1) is 29.3 Å². The Balaban J connectivity index is 1.59. The quantitative estimate of drug-likeness (QED) is 0.453. The number of hydrogen-bond donors (Lipinski definition) is 2. The zero-order valence-corrected chi connectivity index (χ0v) is 18.6. The van der Waals surface area contributed by atoms with E-state index in [0.29, 0.717) is 23.8 Å². The standard InChI is InChI=1S/C23H27N7O2/c1-5-23(4,18-8-6-15(7-9-18)16-10-25-21(24)26-11-16)20-28-19(32-29-20)17-12-27-30(13-17)14-22(2,3)31/h6-13,31H,5,14H2,1-4H3,(H2,24,25,26)/t23-/m0/s1. The molecule has 1 atom stereocenters. The Bertz CT molecular complexity index is 1190. The molecule has 4 rings (SSSR count). The summed E-state index contributed by atoms with van der Waals surface area (Å²) in [6.07, 6.45) is 7.66. The molecule has 3 aromatic heterocycles. The maximum atomic E-state index is 10.00. The van der Waals surface area contributed by atoms with Crippen LogP contribution in [0.4, 0.5) is 5.95 Å². The van der Waals surface area contributed by atoms with E-state index in [1.54, 1.807) is 43.3 Å². The number of aliphatic hydroxyl groups is 1. The van der Waals surface area contributed by atoms with E-state index in [0.717, 1.165) is 23.1 Å². The first kappa shape index (κ1) is 21.6. The molecule has 0 amide bonds. The highest BCUT2D eigenvalue weighted by Gasteiger charge is 2.33. The lowest BCUT2D eigenvalue weighted by atomic mass is 9.79. The van der Waals surface area contributed by atoms with Gasteiger partial charge in [-0.05, 0) is 38.3 Å². The highest BCUT2D eigenvalue weighted by atomic mass is 16.5. The minimum Gasteiger partial charge on any atom is -0.389 e. The summed E-state index contributed by atoms with van der Waals surface area (Å²) in [5, 5.41) is 18.6. The largest absolute Gasteiger partial charge is 0.389 e. The van der Waals surface area contributed by atoms with Crippen LogP contribution in [-0.2, 0) is 12.0 Å². The summed E-state index contributed by atoms with van der Waals surface area (Å²) in [4.78, 5) is 12.8. The normalized spacial score (nSPS) is 13.8. The van der Waals surface area contributed by atoms with Gasteiger partial charge in [0, 0.05) is 24.2 Å². The first-order chi connectivity index (χ1) is 15.2. The maximum Gasteiger partial charge on any atom is 0.261 e. The predicted molar refractivity (Wildman–Crippen MR) is 120 cm³/mol. The smallest absolute Gasteiger partial charge is 0.261 e. The van der Waals surface area contributed by atoms with Gasteiger partial charge in [-0.2, -0.15) is 10.1 Å². The number of nitrogens with zero attached hydrogens (tertiary/aromatic N) is 6. The molecule has 9 heteroatoms. The van der Waals surface area contributed by atoms with Crippen LogP contribution < -0.4 is 5.73 Å². The Morgan fingerprint density at radius 1 is 1.00 bits per heavy atom. The summed E-state index contributed by atoms with van der Waals surface area (Å²) in [6, 6.07) is 8.18. The van der Waals surface area contributed by atoms with E-state index >= 15 is 0 Å². The summed E-state index contributed by atoms with van der Waals surface area (Å²) in [7, 11) is 0. The van der Waals surface area contributed by atoms with Crippen molar-refractivity contribution in [1.29, 1.82) is 0 Å². The van der Waals surface area contributed by atoms with Gasteiger partial charge in [-0.25, -0.2) is 9.97 Å². The third kappa shape index (κ3) is 4.38. The highest BCUT2D eigenvalue weighted by molar-refractivity contribution is 5.62. The molecular weight excluding hydrogens is 406 g/mol. The number of benzene rings is 1. The number of nitrogen functional groups attached to an aromatic ring is 1. The molecule has 0 aliphatic heterocycles. The first-order valence-electron chi connectivity index (χ1n) is 10.5. The van der Waals surface area contributed by atoms with Crippen molar-refractivity contribution in [3.05, 3.63) is 60.4 Å². The third-order valence-electron chi connectivity index (χ3n) is 5.58. The van der Waals surface area contributed by atoms with Gasteiger partial charge in [0.25, 0.3) is 5.89 Å². The lowest BCUT2D eigenvalue weighted by Crippen LogP contribution is -2.26. The Morgan fingerprint density at radius 2 is 1.69 bits per heavy atom. The van der Waals surface area contributed by atoms with E-state index in [9.17, 15) is 5.11 Å². The molecule has 0 aliphatic carbocycles. The van der Waals surface area contributed by atoms with Crippen LogP contribution >= 0.6 is 0 Å². The minimum atomic E-state index is -0.866. The Kier molecular flexibility index (Phi) is 5.52. The third-order valence-corrected chi connectivity index (χ3v) is 5.58. The van der Waals surface area contributed by atoms with Crippen molar-refractivity contribution in [2.45, 2.75) is 51.7 Å². The average Bonchev–Trinajstić information content (AvgIpc) is 3.43. The van der Waals surface area contributed by atoms with E-state index in [1.165, 1.54) is 0 Å². The molecule has 1 aromatic carbocycles. The zero-order valence-electron chi connectivity index (χ0n) is 18.6. The van der Waals surface area contributed by atoms with Gasteiger partial charge in [0.15, 0.2) is 5.82 Å². The van der Waals surface area contributed by atoms with Gasteiger partial charge in [0.1, 0.15) is 0 Å². The van der Waals surface area contributed by atoms with Gasteiger partial charge in [0.2, 0.25) is 5.95 Å². The van der Waals surface area contributed by atoms with Crippen LogP contribution in [0.5, 0.6) is 0 Å². The molecule has 9 nitrogen and oxygen atoms in total. The second-order valence-corrected chi connectivity index (χ2v) is 8.76.